The topological polar surface area (TPSA) is 72.5 Å². The number of hydrogen-bond acceptors (Lipinski definition) is 7. The number of hydrogen-bond donors (Lipinski definition) is 0. The van der Waals surface area contributed by atoms with Crippen LogP contribution >= 0.6 is 0 Å². The van der Waals surface area contributed by atoms with Crippen molar-refractivity contribution in [2.24, 2.45) is 0 Å². The molecule has 0 amide bonds. The number of ether oxygens (including phenoxy) is 6. The number of benzene rings is 2. The number of carbonyl (C=O) groups excluding carboxylic acids is 1. The van der Waals surface area contributed by atoms with Gasteiger partial charge in [0.1, 0.15) is 17.9 Å². The first-order valence-corrected chi connectivity index (χ1v) is 8.17. The summed E-state index contributed by atoms with van der Waals surface area (Å²) >= 11 is 0. The van der Waals surface area contributed by atoms with Crippen LogP contribution in [0.15, 0.2) is 24.3 Å². The Bertz CT molecular complexity index is 814. The Morgan fingerprint density at radius 3 is 1.74 bits per heavy atom. The molecular formula is C20H24O7. The molecule has 0 N–H and O–H groups in total. The largest absolute Gasteiger partial charge is 0.496 e. The molecule has 0 aromatic heterocycles. The van der Waals surface area contributed by atoms with Crippen LogP contribution in [0.5, 0.6) is 28.7 Å². The van der Waals surface area contributed by atoms with E-state index in [0.717, 1.165) is 11.1 Å². The molecule has 0 spiro atoms. The summed E-state index contributed by atoms with van der Waals surface area (Å²) in [5.74, 6) is 1.85. The van der Waals surface area contributed by atoms with Crippen molar-refractivity contribution in [1.29, 1.82) is 0 Å². The lowest BCUT2D eigenvalue weighted by Gasteiger charge is -2.15. The van der Waals surface area contributed by atoms with E-state index >= 15 is 0 Å². The summed E-state index contributed by atoms with van der Waals surface area (Å²) in [6.45, 7) is 1.98. The van der Waals surface area contributed by atoms with Crippen LogP contribution in [0.25, 0.3) is 0 Å². The molecule has 2 aromatic rings. The van der Waals surface area contributed by atoms with Gasteiger partial charge in [-0.05, 0) is 30.2 Å². The number of rotatable bonds is 8. The molecule has 0 fully saturated rings. The molecule has 7 nitrogen and oxygen atoms in total. The molecule has 0 aliphatic heterocycles. The predicted molar refractivity (Wildman–Crippen MR) is 99.5 cm³/mol. The molecule has 0 aliphatic carbocycles. The molecule has 0 saturated carbocycles. The van der Waals surface area contributed by atoms with Crippen molar-refractivity contribution in [1.82, 2.24) is 0 Å². The highest BCUT2D eigenvalue weighted by Gasteiger charge is 2.19. The molecule has 0 heterocycles. The maximum absolute atomic E-state index is 12.6. The molecule has 146 valence electrons. The second-order valence-corrected chi connectivity index (χ2v) is 5.62. The average molecular weight is 376 g/mol. The number of aryl methyl sites for hydroxylation is 1. The van der Waals surface area contributed by atoms with Gasteiger partial charge in [-0.25, -0.2) is 4.79 Å². The molecule has 0 unspecified atom stereocenters. The number of carbonyl (C=O) groups is 1. The Balaban J connectivity index is 2.26. The van der Waals surface area contributed by atoms with E-state index < -0.39 is 5.97 Å². The molecule has 0 radical (unpaired) electrons. The minimum Gasteiger partial charge on any atom is -0.496 e. The Morgan fingerprint density at radius 1 is 0.704 bits per heavy atom. The minimum absolute atomic E-state index is 0.0719. The zero-order chi connectivity index (χ0) is 20.0. The van der Waals surface area contributed by atoms with Gasteiger partial charge in [0, 0.05) is 12.1 Å². The van der Waals surface area contributed by atoms with Gasteiger partial charge in [0.2, 0.25) is 0 Å². The van der Waals surface area contributed by atoms with Gasteiger partial charge < -0.3 is 28.4 Å². The standard InChI is InChI=1S/C20H24O7/c1-12-7-16(23-3)17(24-4)8-13(12)11-27-20(21)14-9-18(25-5)19(26-6)10-15(14)22-2/h7-10H,11H2,1-6H3. The number of esters is 1. The van der Waals surface area contributed by atoms with Gasteiger partial charge in [-0.2, -0.15) is 0 Å². The van der Waals surface area contributed by atoms with Crippen LogP contribution in [-0.4, -0.2) is 41.5 Å². The first-order valence-electron chi connectivity index (χ1n) is 8.17. The summed E-state index contributed by atoms with van der Waals surface area (Å²) < 4.78 is 31.8. The van der Waals surface area contributed by atoms with Crippen molar-refractivity contribution < 1.29 is 33.2 Å². The highest BCUT2D eigenvalue weighted by molar-refractivity contribution is 5.93. The zero-order valence-electron chi connectivity index (χ0n) is 16.4. The molecular weight excluding hydrogens is 352 g/mol. The summed E-state index contributed by atoms with van der Waals surface area (Å²) in [7, 11) is 7.59. The lowest BCUT2D eigenvalue weighted by atomic mass is 10.1. The van der Waals surface area contributed by atoms with E-state index in [1.807, 2.05) is 13.0 Å². The average Bonchev–Trinajstić information content (AvgIpc) is 2.70. The Labute approximate surface area is 158 Å². The highest BCUT2D eigenvalue weighted by atomic mass is 16.5. The lowest BCUT2D eigenvalue weighted by molar-refractivity contribution is 0.0467. The van der Waals surface area contributed by atoms with Crippen LogP contribution < -0.4 is 23.7 Å². The quantitative estimate of drug-likeness (QED) is 0.654. The third kappa shape index (κ3) is 4.36. The van der Waals surface area contributed by atoms with E-state index in [1.165, 1.54) is 27.4 Å². The van der Waals surface area contributed by atoms with Crippen LogP contribution in [-0.2, 0) is 11.3 Å². The summed E-state index contributed by atoms with van der Waals surface area (Å²) in [4.78, 5) is 12.6. The van der Waals surface area contributed by atoms with Gasteiger partial charge in [-0.1, -0.05) is 0 Å². The van der Waals surface area contributed by atoms with E-state index in [2.05, 4.69) is 0 Å². The highest BCUT2D eigenvalue weighted by Crippen LogP contribution is 2.35. The van der Waals surface area contributed by atoms with E-state index in [-0.39, 0.29) is 12.2 Å². The fourth-order valence-corrected chi connectivity index (χ4v) is 2.59. The maximum atomic E-state index is 12.6. The first kappa shape index (κ1) is 20.2. The molecule has 27 heavy (non-hydrogen) atoms. The zero-order valence-corrected chi connectivity index (χ0v) is 16.4. The molecule has 0 aliphatic rings. The lowest BCUT2D eigenvalue weighted by Crippen LogP contribution is -2.09. The van der Waals surface area contributed by atoms with Crippen molar-refractivity contribution in [2.45, 2.75) is 13.5 Å². The van der Waals surface area contributed by atoms with Crippen LogP contribution in [0, 0.1) is 6.92 Å². The van der Waals surface area contributed by atoms with Crippen LogP contribution in [0.2, 0.25) is 0 Å². The Hall–Kier alpha value is -3.09. The maximum Gasteiger partial charge on any atom is 0.342 e. The smallest absolute Gasteiger partial charge is 0.342 e. The summed E-state index contributed by atoms with van der Waals surface area (Å²) in [6, 6.07) is 6.73. The molecule has 0 saturated heterocycles. The van der Waals surface area contributed by atoms with Crippen molar-refractivity contribution in [3.05, 3.63) is 41.0 Å². The molecule has 2 rings (SSSR count). The SMILES string of the molecule is COc1cc(C)c(COC(=O)c2cc(OC)c(OC)cc2OC)cc1OC. The predicted octanol–water partition coefficient (Wildman–Crippen LogP) is 3.40. The van der Waals surface area contributed by atoms with Crippen molar-refractivity contribution in [3.8, 4) is 28.7 Å². The summed E-state index contributed by atoms with van der Waals surface area (Å²) in [5.41, 5.74) is 1.97. The third-order valence-electron chi connectivity index (χ3n) is 4.13. The van der Waals surface area contributed by atoms with Gasteiger partial charge >= 0.3 is 5.97 Å². The summed E-state index contributed by atoms with van der Waals surface area (Å²) in [6.07, 6.45) is 0. The molecule has 0 bridgehead atoms. The number of methoxy groups -OCH3 is 5. The van der Waals surface area contributed by atoms with Crippen LogP contribution in [0.1, 0.15) is 21.5 Å². The third-order valence-corrected chi connectivity index (χ3v) is 4.13. The van der Waals surface area contributed by atoms with Gasteiger partial charge in [0.05, 0.1) is 35.5 Å². The molecule has 2 aromatic carbocycles. The van der Waals surface area contributed by atoms with Crippen LogP contribution in [0.3, 0.4) is 0 Å². The van der Waals surface area contributed by atoms with Crippen molar-refractivity contribution >= 4 is 5.97 Å². The fraction of sp³-hybridized carbons (Fsp3) is 0.350. The van der Waals surface area contributed by atoms with Crippen molar-refractivity contribution in [3.63, 3.8) is 0 Å². The van der Waals surface area contributed by atoms with Crippen LogP contribution in [0.4, 0.5) is 0 Å². The monoisotopic (exact) mass is 376 g/mol. The van der Waals surface area contributed by atoms with E-state index in [1.54, 1.807) is 26.4 Å². The normalized spacial score (nSPS) is 10.1. The molecule has 0 atom stereocenters. The van der Waals surface area contributed by atoms with Gasteiger partial charge in [0.15, 0.2) is 23.0 Å². The Kier molecular flexibility index (Phi) is 6.76. The second kappa shape index (κ2) is 9.02. The van der Waals surface area contributed by atoms with E-state index in [0.29, 0.717) is 28.7 Å². The van der Waals surface area contributed by atoms with E-state index in [9.17, 15) is 4.79 Å². The second-order valence-electron chi connectivity index (χ2n) is 5.62. The molecule has 7 heteroatoms. The fourth-order valence-electron chi connectivity index (χ4n) is 2.59. The minimum atomic E-state index is -0.540. The van der Waals surface area contributed by atoms with Crippen molar-refractivity contribution in [2.75, 3.05) is 35.5 Å². The van der Waals surface area contributed by atoms with E-state index in [4.69, 9.17) is 28.4 Å². The summed E-state index contributed by atoms with van der Waals surface area (Å²) in [5, 5.41) is 0. The Morgan fingerprint density at radius 2 is 1.19 bits per heavy atom. The van der Waals surface area contributed by atoms with Gasteiger partial charge in [-0.15, -0.1) is 0 Å². The van der Waals surface area contributed by atoms with Gasteiger partial charge in [-0.3, -0.25) is 0 Å². The van der Waals surface area contributed by atoms with Gasteiger partial charge in [0.25, 0.3) is 0 Å². The first-order chi connectivity index (χ1) is 13.0.